The molecule has 0 saturated carbocycles. The first-order valence-corrected chi connectivity index (χ1v) is 10.3. The van der Waals surface area contributed by atoms with Crippen molar-refractivity contribution in [3.8, 4) is 0 Å². The summed E-state index contributed by atoms with van der Waals surface area (Å²) < 4.78 is 27.5. The average molecular weight is 405 g/mol. The maximum absolute atomic E-state index is 14.0. The lowest BCUT2D eigenvalue weighted by molar-refractivity contribution is -0.150. The Morgan fingerprint density at radius 1 is 1.18 bits per heavy atom. The molecule has 2 aromatic rings. The van der Waals surface area contributed by atoms with Crippen LogP contribution < -0.4 is 0 Å². The van der Waals surface area contributed by atoms with Crippen molar-refractivity contribution >= 4 is 23.2 Å². The number of benzene rings is 1. The monoisotopic (exact) mass is 405 g/mol. The second-order valence-corrected chi connectivity index (χ2v) is 8.37. The van der Waals surface area contributed by atoms with E-state index < -0.39 is 17.0 Å². The molecule has 2 fully saturated rings. The second-order valence-electron chi connectivity index (χ2n) is 7.48. The number of nitrogens with zero attached hydrogens (tertiary/aromatic N) is 3. The summed E-state index contributed by atoms with van der Waals surface area (Å²) in [5, 5.41) is 0. The summed E-state index contributed by atoms with van der Waals surface area (Å²) in [6.45, 7) is 1.66. The number of thiazole rings is 1. The van der Waals surface area contributed by atoms with Crippen molar-refractivity contribution in [2.24, 2.45) is 5.41 Å². The summed E-state index contributed by atoms with van der Waals surface area (Å²) in [7, 11) is 0. The quantitative estimate of drug-likeness (QED) is 0.786. The molecule has 1 aromatic carbocycles. The summed E-state index contributed by atoms with van der Waals surface area (Å²) in [4.78, 5) is 33.7. The first kappa shape index (κ1) is 19.0. The molecule has 2 amide bonds. The van der Waals surface area contributed by atoms with Crippen LogP contribution >= 0.6 is 11.3 Å². The largest absolute Gasteiger partial charge is 0.338 e. The van der Waals surface area contributed by atoms with Crippen LogP contribution in [-0.4, -0.2) is 46.2 Å². The van der Waals surface area contributed by atoms with Crippen LogP contribution in [0.5, 0.6) is 0 Å². The maximum atomic E-state index is 14.0. The van der Waals surface area contributed by atoms with Gasteiger partial charge in [-0.1, -0.05) is 12.1 Å². The van der Waals surface area contributed by atoms with Crippen LogP contribution in [0, 0.1) is 17.0 Å². The van der Waals surface area contributed by atoms with Gasteiger partial charge >= 0.3 is 0 Å². The first-order valence-electron chi connectivity index (χ1n) is 9.40. The summed E-state index contributed by atoms with van der Waals surface area (Å²) in [6, 6.07) is 4.05. The Morgan fingerprint density at radius 3 is 2.68 bits per heavy atom. The molecule has 0 radical (unpaired) electrons. The Kier molecular flexibility index (Phi) is 5.14. The van der Waals surface area contributed by atoms with Crippen molar-refractivity contribution in [2.75, 3.05) is 19.6 Å². The zero-order valence-electron chi connectivity index (χ0n) is 15.4. The fraction of sp³-hybridized carbons (Fsp3) is 0.450. The van der Waals surface area contributed by atoms with Gasteiger partial charge in [-0.05, 0) is 31.7 Å². The van der Waals surface area contributed by atoms with Crippen LogP contribution in [0.4, 0.5) is 8.78 Å². The highest BCUT2D eigenvalue weighted by atomic mass is 32.1. The molecule has 28 heavy (non-hydrogen) atoms. The minimum absolute atomic E-state index is 0.00713. The smallest absolute Gasteiger partial charge is 0.265 e. The predicted octanol–water partition coefficient (Wildman–Crippen LogP) is 3.47. The minimum atomic E-state index is -0.897. The molecule has 3 heterocycles. The Balaban J connectivity index is 1.45. The molecule has 4 rings (SSSR count). The zero-order valence-corrected chi connectivity index (χ0v) is 16.2. The van der Waals surface area contributed by atoms with Gasteiger partial charge < -0.3 is 9.80 Å². The topological polar surface area (TPSA) is 53.5 Å². The van der Waals surface area contributed by atoms with E-state index in [4.69, 9.17) is 0 Å². The average Bonchev–Trinajstić information content (AvgIpc) is 3.24. The third-order valence-corrected chi connectivity index (χ3v) is 6.63. The minimum Gasteiger partial charge on any atom is -0.338 e. The molecule has 2 aliphatic rings. The molecule has 1 aromatic heterocycles. The molecule has 1 spiro atoms. The van der Waals surface area contributed by atoms with Crippen molar-refractivity contribution in [3.63, 3.8) is 0 Å². The van der Waals surface area contributed by atoms with E-state index in [0.29, 0.717) is 37.4 Å². The van der Waals surface area contributed by atoms with E-state index in [1.807, 2.05) is 0 Å². The Bertz CT molecular complexity index is 880. The Labute approximate surface area is 166 Å². The summed E-state index contributed by atoms with van der Waals surface area (Å²) in [5.41, 5.74) is 1.32. The number of carbonyl (C=O) groups is 2. The number of carbonyl (C=O) groups excluding carboxylic acids is 2. The van der Waals surface area contributed by atoms with Gasteiger partial charge in [-0.3, -0.25) is 14.6 Å². The molecular weight excluding hydrogens is 384 g/mol. The van der Waals surface area contributed by atoms with Crippen LogP contribution in [0.15, 0.2) is 29.9 Å². The maximum Gasteiger partial charge on any atom is 0.265 e. The molecule has 2 saturated heterocycles. The fourth-order valence-corrected chi connectivity index (χ4v) is 4.85. The highest BCUT2D eigenvalue weighted by molar-refractivity contribution is 7.11. The second kappa shape index (κ2) is 7.58. The van der Waals surface area contributed by atoms with Crippen molar-refractivity contribution in [1.29, 1.82) is 0 Å². The number of piperidine rings is 2. The number of hydrogen-bond acceptors (Lipinski definition) is 4. The van der Waals surface area contributed by atoms with Gasteiger partial charge in [0.1, 0.15) is 4.88 Å². The van der Waals surface area contributed by atoms with Crippen LogP contribution in [0.3, 0.4) is 0 Å². The van der Waals surface area contributed by atoms with Crippen molar-refractivity contribution in [1.82, 2.24) is 14.8 Å². The van der Waals surface area contributed by atoms with E-state index in [9.17, 15) is 18.4 Å². The van der Waals surface area contributed by atoms with E-state index in [2.05, 4.69) is 4.98 Å². The fourth-order valence-electron chi connectivity index (χ4n) is 4.26. The van der Waals surface area contributed by atoms with Crippen LogP contribution in [-0.2, 0) is 11.3 Å². The van der Waals surface area contributed by atoms with Crippen LogP contribution in [0.2, 0.25) is 0 Å². The van der Waals surface area contributed by atoms with Gasteiger partial charge in [0.05, 0.1) is 17.1 Å². The molecule has 148 valence electrons. The first-order chi connectivity index (χ1) is 13.5. The molecule has 8 heteroatoms. The molecule has 0 unspecified atom stereocenters. The van der Waals surface area contributed by atoms with E-state index in [1.54, 1.807) is 21.5 Å². The molecule has 5 nitrogen and oxygen atoms in total. The Hall–Kier alpha value is -2.35. The number of rotatable bonds is 3. The van der Waals surface area contributed by atoms with Crippen LogP contribution in [0.25, 0.3) is 0 Å². The number of likely N-dealkylation sites (tertiary alicyclic amines) is 2. The lowest BCUT2D eigenvalue weighted by atomic mass is 9.71. The molecule has 0 N–H and O–H groups in total. The number of amides is 2. The SMILES string of the molecule is O=C(c1cncs1)N1CCC2(CCCN(Cc3cccc(F)c3F)C2=O)CC1. The molecular formula is C20H21F2N3O2S. The van der Waals surface area contributed by atoms with E-state index >= 15 is 0 Å². The van der Waals surface area contributed by atoms with Gasteiger partial charge in [0.15, 0.2) is 11.6 Å². The lowest BCUT2D eigenvalue weighted by Crippen LogP contribution is -2.54. The normalized spacial score (nSPS) is 19.3. The van der Waals surface area contributed by atoms with E-state index in [0.717, 1.165) is 18.9 Å². The van der Waals surface area contributed by atoms with Gasteiger partial charge in [0.2, 0.25) is 5.91 Å². The van der Waals surface area contributed by atoms with Gasteiger partial charge in [-0.2, -0.15) is 0 Å². The van der Waals surface area contributed by atoms with Crippen LogP contribution in [0.1, 0.15) is 40.9 Å². The van der Waals surface area contributed by atoms with Gasteiger partial charge in [-0.25, -0.2) is 8.78 Å². The summed E-state index contributed by atoms with van der Waals surface area (Å²) in [5.74, 6) is -1.84. The van der Waals surface area contributed by atoms with Gasteiger partial charge in [0.25, 0.3) is 5.91 Å². The highest BCUT2D eigenvalue weighted by Crippen LogP contribution is 2.41. The Morgan fingerprint density at radius 2 is 1.96 bits per heavy atom. The lowest BCUT2D eigenvalue weighted by Gasteiger charge is -2.46. The molecule has 2 aliphatic heterocycles. The molecule has 0 atom stereocenters. The van der Waals surface area contributed by atoms with Crippen molar-refractivity contribution < 1.29 is 18.4 Å². The molecule has 0 bridgehead atoms. The number of halogens is 2. The number of hydrogen-bond donors (Lipinski definition) is 0. The highest BCUT2D eigenvalue weighted by Gasteiger charge is 2.46. The summed E-state index contributed by atoms with van der Waals surface area (Å²) in [6.07, 6.45) is 4.36. The number of aromatic nitrogens is 1. The van der Waals surface area contributed by atoms with E-state index in [-0.39, 0.29) is 23.9 Å². The zero-order chi connectivity index (χ0) is 19.7. The third-order valence-electron chi connectivity index (χ3n) is 5.87. The molecule has 0 aliphatic carbocycles. The predicted molar refractivity (Wildman–Crippen MR) is 101 cm³/mol. The summed E-state index contributed by atoms with van der Waals surface area (Å²) >= 11 is 1.31. The van der Waals surface area contributed by atoms with Gasteiger partial charge in [0, 0.05) is 31.7 Å². The van der Waals surface area contributed by atoms with Crippen molar-refractivity contribution in [2.45, 2.75) is 32.2 Å². The van der Waals surface area contributed by atoms with Gasteiger partial charge in [-0.15, -0.1) is 11.3 Å². The van der Waals surface area contributed by atoms with Crippen molar-refractivity contribution in [3.05, 3.63) is 52.0 Å². The van der Waals surface area contributed by atoms with E-state index in [1.165, 1.54) is 23.5 Å². The standard InChI is InChI=1S/C20H21F2N3O2S/c21-15-4-1-3-14(17(15)22)12-25-8-2-5-20(19(25)27)6-9-24(10-7-20)18(26)16-11-23-13-28-16/h1,3-4,11,13H,2,5-10,12H2. The third kappa shape index (κ3) is 3.41.